The van der Waals surface area contributed by atoms with Gasteiger partial charge in [0.25, 0.3) is 0 Å². The maximum atomic E-state index is 5.27. The molecule has 0 unspecified atom stereocenters. The van der Waals surface area contributed by atoms with Gasteiger partial charge in [-0.25, -0.2) is 9.97 Å². The van der Waals surface area contributed by atoms with Gasteiger partial charge in [-0.05, 0) is 36.2 Å². The molecule has 0 saturated heterocycles. The fraction of sp³-hybridized carbons (Fsp3) is 0.143. The van der Waals surface area contributed by atoms with Crippen LogP contribution in [0.2, 0.25) is 0 Å². The normalized spacial score (nSPS) is 11.2. The van der Waals surface area contributed by atoms with Gasteiger partial charge in [0.2, 0.25) is 5.95 Å². The van der Waals surface area contributed by atoms with E-state index in [4.69, 9.17) is 14.1 Å². The Morgan fingerprint density at radius 1 is 1.10 bits per heavy atom. The van der Waals surface area contributed by atoms with Crippen molar-refractivity contribution in [3.63, 3.8) is 0 Å². The Hall–Kier alpha value is -3.94. The number of nitrogens with zero attached hydrogens (tertiary/aromatic N) is 5. The van der Waals surface area contributed by atoms with Crippen molar-refractivity contribution < 1.29 is 9.15 Å². The highest BCUT2D eigenvalue weighted by atomic mass is 16.5. The lowest BCUT2D eigenvalue weighted by atomic mass is 10.1. The molecule has 4 aromatic heterocycles. The van der Waals surface area contributed by atoms with E-state index in [1.807, 2.05) is 42.6 Å². The predicted octanol–water partition coefficient (Wildman–Crippen LogP) is 3.59. The van der Waals surface area contributed by atoms with E-state index in [1.54, 1.807) is 30.5 Å². The first kappa shape index (κ1) is 17.2. The Morgan fingerprint density at radius 2 is 2.03 bits per heavy atom. The van der Waals surface area contributed by atoms with Crippen LogP contribution in [-0.4, -0.2) is 36.8 Å². The number of aromatic amines is 1. The SMILES string of the molecule is COc1cncc(CCc2nc(-c3ccoc3)nn2-c2nc3ccccc3[nH]2)c1. The highest BCUT2D eigenvalue weighted by molar-refractivity contribution is 5.76. The summed E-state index contributed by atoms with van der Waals surface area (Å²) in [7, 11) is 1.64. The molecule has 1 aromatic carbocycles. The molecule has 5 rings (SSSR count). The lowest BCUT2D eigenvalue weighted by molar-refractivity contribution is 0.412. The van der Waals surface area contributed by atoms with Gasteiger partial charge in [-0.15, -0.1) is 5.10 Å². The van der Waals surface area contributed by atoms with Crippen molar-refractivity contribution in [1.82, 2.24) is 29.7 Å². The monoisotopic (exact) mass is 386 g/mol. The van der Waals surface area contributed by atoms with Crippen LogP contribution in [0.4, 0.5) is 0 Å². The topological polar surface area (TPSA) is 94.7 Å². The standard InChI is InChI=1S/C21H18N6O2/c1-28-16-10-14(11-22-12-16)6-7-19-25-20(15-8-9-29-13-15)26-27(19)21-23-17-4-2-3-5-18(17)24-21/h2-5,8-13H,6-7H2,1H3,(H,23,24). The molecule has 4 heterocycles. The zero-order chi connectivity index (χ0) is 19.6. The first-order valence-electron chi connectivity index (χ1n) is 9.22. The van der Waals surface area contributed by atoms with Crippen LogP contribution in [-0.2, 0) is 12.8 Å². The smallest absolute Gasteiger partial charge is 0.230 e. The number of hydrogen-bond donors (Lipinski definition) is 1. The van der Waals surface area contributed by atoms with E-state index in [-0.39, 0.29) is 0 Å². The summed E-state index contributed by atoms with van der Waals surface area (Å²) in [5.41, 5.74) is 3.72. The molecule has 29 heavy (non-hydrogen) atoms. The summed E-state index contributed by atoms with van der Waals surface area (Å²) in [6, 6.07) is 11.7. The van der Waals surface area contributed by atoms with Crippen LogP contribution in [0.3, 0.4) is 0 Å². The quantitative estimate of drug-likeness (QED) is 0.479. The molecule has 0 aliphatic heterocycles. The molecule has 0 aliphatic carbocycles. The van der Waals surface area contributed by atoms with Crippen LogP contribution in [0.5, 0.6) is 5.75 Å². The Morgan fingerprint density at radius 3 is 2.86 bits per heavy atom. The summed E-state index contributed by atoms with van der Waals surface area (Å²) >= 11 is 0. The molecular formula is C21H18N6O2. The number of imidazole rings is 1. The number of rotatable bonds is 6. The second kappa shape index (κ2) is 7.23. The highest BCUT2D eigenvalue weighted by Crippen LogP contribution is 2.21. The molecule has 8 nitrogen and oxygen atoms in total. The molecule has 0 spiro atoms. The molecule has 5 aromatic rings. The number of ether oxygens (including phenoxy) is 1. The molecular weight excluding hydrogens is 368 g/mol. The van der Waals surface area contributed by atoms with Gasteiger partial charge in [0.1, 0.15) is 17.8 Å². The van der Waals surface area contributed by atoms with E-state index in [1.165, 1.54) is 0 Å². The van der Waals surface area contributed by atoms with E-state index in [2.05, 4.69) is 20.1 Å². The average molecular weight is 386 g/mol. The second-order valence-electron chi connectivity index (χ2n) is 6.59. The van der Waals surface area contributed by atoms with Crippen molar-refractivity contribution in [2.45, 2.75) is 12.8 Å². The second-order valence-corrected chi connectivity index (χ2v) is 6.59. The number of fused-ring (bicyclic) bond motifs is 1. The molecule has 0 atom stereocenters. The first-order valence-corrected chi connectivity index (χ1v) is 9.22. The lowest BCUT2D eigenvalue weighted by Gasteiger charge is -2.04. The van der Waals surface area contributed by atoms with E-state index in [9.17, 15) is 0 Å². The maximum Gasteiger partial charge on any atom is 0.230 e. The van der Waals surface area contributed by atoms with Gasteiger partial charge in [-0.3, -0.25) is 4.98 Å². The summed E-state index contributed by atoms with van der Waals surface area (Å²) in [6.45, 7) is 0. The Kier molecular flexibility index (Phi) is 4.28. The van der Waals surface area contributed by atoms with E-state index >= 15 is 0 Å². The predicted molar refractivity (Wildman–Crippen MR) is 107 cm³/mol. The van der Waals surface area contributed by atoms with Crippen LogP contribution in [0.15, 0.2) is 65.7 Å². The maximum absolute atomic E-state index is 5.27. The van der Waals surface area contributed by atoms with Crippen molar-refractivity contribution in [2.75, 3.05) is 7.11 Å². The van der Waals surface area contributed by atoms with E-state index in [0.29, 0.717) is 18.2 Å². The average Bonchev–Trinajstić information content (AvgIpc) is 3.51. The van der Waals surface area contributed by atoms with Gasteiger partial charge in [0.05, 0.1) is 36.2 Å². The van der Waals surface area contributed by atoms with Crippen LogP contribution in [0, 0.1) is 0 Å². The van der Waals surface area contributed by atoms with Gasteiger partial charge in [0, 0.05) is 12.6 Å². The first-order chi connectivity index (χ1) is 14.3. The van der Waals surface area contributed by atoms with Gasteiger partial charge < -0.3 is 14.1 Å². The van der Waals surface area contributed by atoms with Crippen molar-refractivity contribution in [2.24, 2.45) is 0 Å². The van der Waals surface area contributed by atoms with Crippen LogP contribution < -0.4 is 4.74 Å². The number of pyridine rings is 1. The molecule has 0 fully saturated rings. The Labute approximate surface area is 166 Å². The van der Waals surface area contributed by atoms with Gasteiger partial charge in [0.15, 0.2) is 5.82 Å². The third-order valence-corrected chi connectivity index (χ3v) is 4.67. The number of H-pyrrole nitrogens is 1. The summed E-state index contributed by atoms with van der Waals surface area (Å²) in [5.74, 6) is 2.76. The zero-order valence-corrected chi connectivity index (χ0v) is 15.7. The van der Waals surface area contributed by atoms with Gasteiger partial charge in [-0.1, -0.05) is 12.1 Å². The molecule has 0 amide bonds. The molecule has 0 aliphatic rings. The number of para-hydroxylation sites is 2. The Bertz CT molecular complexity index is 1220. The molecule has 0 radical (unpaired) electrons. The van der Waals surface area contributed by atoms with Crippen molar-refractivity contribution in [3.05, 3.63) is 72.7 Å². The fourth-order valence-corrected chi connectivity index (χ4v) is 3.20. The number of benzene rings is 1. The zero-order valence-electron chi connectivity index (χ0n) is 15.7. The number of aryl methyl sites for hydroxylation is 2. The largest absolute Gasteiger partial charge is 0.495 e. The summed E-state index contributed by atoms with van der Waals surface area (Å²) < 4.78 is 12.2. The van der Waals surface area contributed by atoms with Gasteiger partial charge in [-0.2, -0.15) is 4.68 Å². The van der Waals surface area contributed by atoms with Gasteiger partial charge >= 0.3 is 0 Å². The summed E-state index contributed by atoms with van der Waals surface area (Å²) in [6.07, 6.45) is 8.18. The highest BCUT2D eigenvalue weighted by Gasteiger charge is 2.17. The van der Waals surface area contributed by atoms with E-state index < -0.39 is 0 Å². The molecule has 8 heteroatoms. The van der Waals surface area contributed by atoms with Crippen LogP contribution in [0.1, 0.15) is 11.4 Å². The van der Waals surface area contributed by atoms with Crippen molar-refractivity contribution >= 4 is 11.0 Å². The Balaban J connectivity index is 1.52. The third-order valence-electron chi connectivity index (χ3n) is 4.67. The fourth-order valence-electron chi connectivity index (χ4n) is 3.20. The summed E-state index contributed by atoms with van der Waals surface area (Å²) in [4.78, 5) is 17.0. The van der Waals surface area contributed by atoms with Crippen LogP contribution in [0.25, 0.3) is 28.4 Å². The van der Waals surface area contributed by atoms with E-state index in [0.717, 1.165) is 40.2 Å². The minimum Gasteiger partial charge on any atom is -0.495 e. The minimum absolute atomic E-state index is 0.595. The number of hydrogen-bond acceptors (Lipinski definition) is 6. The van der Waals surface area contributed by atoms with Crippen molar-refractivity contribution in [1.29, 1.82) is 0 Å². The van der Waals surface area contributed by atoms with Crippen molar-refractivity contribution in [3.8, 4) is 23.1 Å². The number of methoxy groups -OCH3 is 1. The molecule has 0 bridgehead atoms. The number of furan rings is 1. The number of nitrogens with one attached hydrogen (secondary N) is 1. The molecule has 0 saturated carbocycles. The minimum atomic E-state index is 0.595. The lowest BCUT2D eigenvalue weighted by Crippen LogP contribution is -2.06. The third kappa shape index (κ3) is 3.36. The molecule has 1 N–H and O–H groups in total. The number of aromatic nitrogens is 6. The van der Waals surface area contributed by atoms with Crippen LogP contribution >= 0.6 is 0 Å². The molecule has 144 valence electrons. The summed E-state index contributed by atoms with van der Waals surface area (Å²) in [5, 5.41) is 4.68.